The van der Waals surface area contributed by atoms with Crippen LogP contribution in [0, 0.1) is 5.92 Å². The van der Waals surface area contributed by atoms with Gasteiger partial charge in [0.15, 0.2) is 0 Å². The number of hydrogen-bond acceptors (Lipinski definition) is 2. The Hall–Kier alpha value is -1.02. The molecule has 106 valence electrons. The summed E-state index contributed by atoms with van der Waals surface area (Å²) in [6.45, 7) is 11.3. The van der Waals surface area contributed by atoms with E-state index in [2.05, 4.69) is 62.2 Å². The molecule has 2 atom stereocenters. The minimum absolute atomic E-state index is 0.533. The Morgan fingerprint density at radius 2 is 2.00 bits per heavy atom. The number of hydrogen-bond donors (Lipinski definition) is 1. The van der Waals surface area contributed by atoms with Crippen molar-refractivity contribution in [3.8, 4) is 0 Å². The van der Waals surface area contributed by atoms with Crippen molar-refractivity contribution in [2.75, 3.05) is 11.4 Å². The Morgan fingerprint density at radius 3 is 2.74 bits per heavy atom. The van der Waals surface area contributed by atoms with Gasteiger partial charge in [0.05, 0.1) is 0 Å². The average Bonchev–Trinajstić information content (AvgIpc) is 2.40. The number of nitrogens with one attached hydrogen (secondary N) is 1. The SMILES string of the molecule is CC(C)NCc1ccccc1N1CCCC(C)C1C. The topological polar surface area (TPSA) is 15.3 Å². The number of benzene rings is 1. The molecule has 1 aromatic rings. The molecular formula is C17H28N2. The standard InChI is InChI=1S/C17H28N2/c1-13(2)18-12-16-9-5-6-10-17(16)19-11-7-8-14(3)15(19)4/h5-6,9-10,13-15,18H,7-8,11-12H2,1-4H3. The zero-order valence-electron chi connectivity index (χ0n) is 12.8. The maximum atomic E-state index is 3.54. The molecule has 0 aromatic heterocycles. The lowest BCUT2D eigenvalue weighted by Gasteiger charge is -2.40. The monoisotopic (exact) mass is 260 g/mol. The van der Waals surface area contributed by atoms with Crippen molar-refractivity contribution in [2.45, 2.75) is 59.2 Å². The minimum Gasteiger partial charge on any atom is -0.368 e. The highest BCUT2D eigenvalue weighted by molar-refractivity contribution is 5.54. The average molecular weight is 260 g/mol. The van der Waals surface area contributed by atoms with Crippen molar-refractivity contribution in [3.05, 3.63) is 29.8 Å². The van der Waals surface area contributed by atoms with Crippen molar-refractivity contribution >= 4 is 5.69 Å². The Bertz CT molecular complexity index is 400. The van der Waals surface area contributed by atoms with Crippen LogP contribution in [-0.4, -0.2) is 18.6 Å². The van der Waals surface area contributed by atoms with Crippen LogP contribution in [-0.2, 0) is 6.54 Å². The van der Waals surface area contributed by atoms with Crippen LogP contribution < -0.4 is 10.2 Å². The van der Waals surface area contributed by atoms with Crippen LogP contribution in [0.3, 0.4) is 0 Å². The van der Waals surface area contributed by atoms with Gasteiger partial charge in [-0.15, -0.1) is 0 Å². The predicted octanol–water partition coefficient (Wildman–Crippen LogP) is 3.81. The summed E-state index contributed by atoms with van der Waals surface area (Å²) in [5.41, 5.74) is 2.85. The van der Waals surface area contributed by atoms with Crippen LogP contribution in [0.2, 0.25) is 0 Å². The molecule has 2 unspecified atom stereocenters. The first kappa shape index (κ1) is 14.4. The zero-order valence-corrected chi connectivity index (χ0v) is 12.8. The maximum Gasteiger partial charge on any atom is 0.0414 e. The van der Waals surface area contributed by atoms with Gasteiger partial charge in [0.2, 0.25) is 0 Å². The molecule has 1 fully saturated rings. The molecule has 0 spiro atoms. The second kappa shape index (κ2) is 6.42. The summed E-state index contributed by atoms with van der Waals surface area (Å²) < 4.78 is 0. The summed E-state index contributed by atoms with van der Waals surface area (Å²) in [6.07, 6.45) is 2.68. The lowest BCUT2D eigenvalue weighted by molar-refractivity contribution is 0.363. The van der Waals surface area contributed by atoms with Gasteiger partial charge in [-0.3, -0.25) is 0 Å². The van der Waals surface area contributed by atoms with Gasteiger partial charge in [-0.1, -0.05) is 39.0 Å². The fourth-order valence-electron chi connectivity index (χ4n) is 2.93. The van der Waals surface area contributed by atoms with Gasteiger partial charge in [0.1, 0.15) is 0 Å². The second-order valence-electron chi connectivity index (χ2n) is 6.22. The fraction of sp³-hybridized carbons (Fsp3) is 0.647. The number of anilines is 1. The van der Waals surface area contributed by atoms with E-state index in [9.17, 15) is 0 Å². The summed E-state index contributed by atoms with van der Waals surface area (Å²) >= 11 is 0. The van der Waals surface area contributed by atoms with Crippen molar-refractivity contribution in [1.82, 2.24) is 5.32 Å². The third-order valence-corrected chi connectivity index (χ3v) is 4.38. The molecule has 1 aromatic carbocycles. The van der Waals surface area contributed by atoms with E-state index >= 15 is 0 Å². The smallest absolute Gasteiger partial charge is 0.0414 e. The highest BCUT2D eigenvalue weighted by atomic mass is 15.2. The third-order valence-electron chi connectivity index (χ3n) is 4.38. The molecule has 2 rings (SSSR count). The third kappa shape index (κ3) is 3.50. The zero-order chi connectivity index (χ0) is 13.8. The molecule has 0 radical (unpaired) electrons. The van der Waals surface area contributed by atoms with Gasteiger partial charge < -0.3 is 10.2 Å². The van der Waals surface area contributed by atoms with Crippen molar-refractivity contribution < 1.29 is 0 Å². The lowest BCUT2D eigenvalue weighted by atomic mass is 9.91. The summed E-state index contributed by atoms with van der Waals surface area (Å²) in [7, 11) is 0. The summed E-state index contributed by atoms with van der Waals surface area (Å²) in [6, 6.07) is 10.0. The van der Waals surface area contributed by atoms with Crippen LogP contribution in [0.4, 0.5) is 5.69 Å². The molecule has 0 aliphatic carbocycles. The Labute approximate surface area is 118 Å². The van der Waals surface area contributed by atoms with Gasteiger partial charge in [0.25, 0.3) is 0 Å². The van der Waals surface area contributed by atoms with Crippen LogP contribution in [0.15, 0.2) is 24.3 Å². The molecule has 0 amide bonds. The highest BCUT2D eigenvalue weighted by Crippen LogP contribution is 2.30. The second-order valence-corrected chi connectivity index (χ2v) is 6.22. The first-order chi connectivity index (χ1) is 9.09. The molecule has 19 heavy (non-hydrogen) atoms. The summed E-state index contributed by atoms with van der Waals surface area (Å²) in [5, 5.41) is 3.54. The largest absolute Gasteiger partial charge is 0.368 e. The lowest BCUT2D eigenvalue weighted by Crippen LogP contribution is -2.43. The van der Waals surface area contributed by atoms with E-state index in [0.717, 1.165) is 12.5 Å². The predicted molar refractivity (Wildman–Crippen MR) is 83.6 cm³/mol. The molecule has 0 bridgehead atoms. The first-order valence-corrected chi connectivity index (χ1v) is 7.67. The van der Waals surface area contributed by atoms with Crippen LogP contribution >= 0.6 is 0 Å². The summed E-state index contributed by atoms with van der Waals surface area (Å²) in [4.78, 5) is 2.60. The highest BCUT2D eigenvalue weighted by Gasteiger charge is 2.25. The molecule has 1 heterocycles. The Morgan fingerprint density at radius 1 is 1.26 bits per heavy atom. The van der Waals surface area contributed by atoms with Crippen molar-refractivity contribution in [1.29, 1.82) is 0 Å². The number of para-hydroxylation sites is 1. The van der Waals surface area contributed by atoms with E-state index in [-0.39, 0.29) is 0 Å². The molecule has 0 saturated carbocycles. The molecule has 1 saturated heterocycles. The van der Waals surface area contributed by atoms with E-state index in [1.54, 1.807) is 0 Å². The fourth-order valence-corrected chi connectivity index (χ4v) is 2.93. The van der Waals surface area contributed by atoms with Crippen molar-refractivity contribution in [2.24, 2.45) is 5.92 Å². The van der Waals surface area contributed by atoms with E-state index in [1.165, 1.54) is 30.6 Å². The quantitative estimate of drug-likeness (QED) is 0.885. The Kier molecular flexibility index (Phi) is 4.87. The molecular weight excluding hydrogens is 232 g/mol. The minimum atomic E-state index is 0.533. The van der Waals surface area contributed by atoms with Crippen LogP contribution in [0.1, 0.15) is 46.1 Å². The van der Waals surface area contributed by atoms with Gasteiger partial charge >= 0.3 is 0 Å². The maximum absolute atomic E-state index is 3.54. The number of rotatable bonds is 4. The van der Waals surface area contributed by atoms with Crippen LogP contribution in [0.25, 0.3) is 0 Å². The van der Waals surface area contributed by atoms with E-state index in [1.807, 2.05) is 0 Å². The van der Waals surface area contributed by atoms with E-state index in [4.69, 9.17) is 0 Å². The molecule has 1 aliphatic heterocycles. The van der Waals surface area contributed by atoms with Crippen molar-refractivity contribution in [3.63, 3.8) is 0 Å². The normalized spacial score (nSPS) is 23.9. The van der Waals surface area contributed by atoms with E-state index < -0.39 is 0 Å². The summed E-state index contributed by atoms with van der Waals surface area (Å²) in [5.74, 6) is 0.792. The van der Waals surface area contributed by atoms with Crippen LogP contribution in [0.5, 0.6) is 0 Å². The molecule has 2 nitrogen and oxygen atoms in total. The van der Waals surface area contributed by atoms with Gasteiger partial charge in [0, 0.05) is 30.9 Å². The van der Waals surface area contributed by atoms with Gasteiger partial charge in [-0.2, -0.15) is 0 Å². The van der Waals surface area contributed by atoms with Gasteiger partial charge in [-0.25, -0.2) is 0 Å². The molecule has 2 heteroatoms. The van der Waals surface area contributed by atoms with E-state index in [0.29, 0.717) is 12.1 Å². The molecule has 1 aliphatic rings. The number of piperidine rings is 1. The first-order valence-electron chi connectivity index (χ1n) is 7.67. The van der Waals surface area contributed by atoms with Gasteiger partial charge in [-0.05, 0) is 37.3 Å². The number of nitrogens with zero attached hydrogens (tertiary/aromatic N) is 1. The Balaban J connectivity index is 2.18. The molecule has 1 N–H and O–H groups in total.